The molecule has 1 aromatic heterocycles. The highest BCUT2D eigenvalue weighted by Gasteiger charge is 2.22. The summed E-state index contributed by atoms with van der Waals surface area (Å²) in [5.74, 6) is 0. The Hall–Kier alpha value is -0.260. The van der Waals surface area contributed by atoms with E-state index in [0.717, 1.165) is 10.7 Å². The van der Waals surface area contributed by atoms with Crippen molar-refractivity contribution in [2.75, 3.05) is 5.32 Å². The molecule has 0 bridgehead atoms. The average Bonchev–Trinajstić information content (AvgIpc) is 2.73. The third-order valence-corrected chi connectivity index (χ3v) is 5.49. The molecule has 1 nitrogen and oxygen atoms in total. The second-order valence-electron chi connectivity index (χ2n) is 4.53. The molecule has 1 N–H and O–H groups in total. The monoisotopic (exact) mass is 389 g/mol. The predicted molar refractivity (Wildman–Crippen MR) is 87.8 cm³/mol. The molecule has 1 atom stereocenters. The van der Waals surface area contributed by atoms with E-state index < -0.39 is 0 Å². The molecule has 1 heterocycles. The smallest absolute Gasteiger partial charge is 0.0660 e. The van der Waals surface area contributed by atoms with Crippen LogP contribution in [0.2, 0.25) is 5.02 Å². The number of benzene rings is 1. The number of halogens is 2. The molecule has 0 radical (unpaired) electrons. The van der Waals surface area contributed by atoms with Crippen molar-refractivity contribution in [1.29, 1.82) is 0 Å². The van der Waals surface area contributed by atoms with Gasteiger partial charge in [-0.25, -0.2) is 0 Å². The zero-order valence-electron chi connectivity index (χ0n) is 9.75. The topological polar surface area (TPSA) is 12.0 Å². The summed E-state index contributed by atoms with van der Waals surface area (Å²) < 4.78 is 1.39. The maximum Gasteiger partial charge on any atom is 0.0660 e. The lowest BCUT2D eigenvalue weighted by molar-refractivity contribution is 0.609. The molecule has 94 valence electrons. The molecule has 0 fully saturated rings. The number of hydrogen-bond acceptors (Lipinski definition) is 2. The fourth-order valence-electron chi connectivity index (χ4n) is 2.42. The number of hydrogen-bond donors (Lipinski definition) is 1. The van der Waals surface area contributed by atoms with Gasteiger partial charge in [0.15, 0.2) is 0 Å². The summed E-state index contributed by atoms with van der Waals surface area (Å²) in [5.41, 5.74) is 2.64. The van der Waals surface area contributed by atoms with Crippen LogP contribution in [0, 0.1) is 2.88 Å². The van der Waals surface area contributed by atoms with Gasteiger partial charge in [-0.05, 0) is 77.7 Å². The molecule has 0 saturated heterocycles. The number of aryl methyl sites for hydroxylation is 1. The minimum absolute atomic E-state index is 0.453. The Morgan fingerprint density at radius 1 is 1.28 bits per heavy atom. The predicted octanol–water partition coefficient (Wildman–Crippen LogP) is 5.50. The van der Waals surface area contributed by atoms with Crippen LogP contribution in [0.25, 0.3) is 0 Å². The first-order chi connectivity index (χ1) is 8.72. The summed E-state index contributed by atoms with van der Waals surface area (Å²) in [5, 5.41) is 4.41. The Kier molecular flexibility index (Phi) is 3.82. The molecule has 0 amide bonds. The fourth-order valence-corrected chi connectivity index (χ4v) is 4.66. The van der Waals surface area contributed by atoms with Crippen LogP contribution in [0.3, 0.4) is 0 Å². The van der Waals surface area contributed by atoms with E-state index in [0.29, 0.717) is 6.04 Å². The van der Waals surface area contributed by atoms with Crippen LogP contribution in [0.5, 0.6) is 0 Å². The summed E-state index contributed by atoms with van der Waals surface area (Å²) in [6, 6.07) is 10.8. The Morgan fingerprint density at radius 2 is 2.06 bits per heavy atom. The van der Waals surface area contributed by atoms with Crippen LogP contribution in [-0.2, 0) is 6.42 Å². The molecule has 18 heavy (non-hydrogen) atoms. The van der Waals surface area contributed by atoms with E-state index in [1.54, 1.807) is 4.88 Å². The zero-order valence-corrected chi connectivity index (χ0v) is 13.5. The second-order valence-corrected chi connectivity index (χ2v) is 7.99. The quantitative estimate of drug-likeness (QED) is 0.669. The normalized spacial score (nSPS) is 18.4. The van der Waals surface area contributed by atoms with E-state index in [4.69, 9.17) is 11.6 Å². The third kappa shape index (κ3) is 2.68. The minimum Gasteiger partial charge on any atom is -0.378 e. The van der Waals surface area contributed by atoms with Gasteiger partial charge in [-0.15, -0.1) is 11.3 Å². The number of thiophene rings is 1. The van der Waals surface area contributed by atoms with Gasteiger partial charge in [-0.1, -0.05) is 11.6 Å². The van der Waals surface area contributed by atoms with Crippen molar-refractivity contribution in [1.82, 2.24) is 0 Å². The van der Waals surface area contributed by atoms with Gasteiger partial charge in [0.2, 0.25) is 0 Å². The maximum absolute atomic E-state index is 5.91. The van der Waals surface area contributed by atoms with Crippen molar-refractivity contribution < 1.29 is 0 Å². The van der Waals surface area contributed by atoms with E-state index >= 15 is 0 Å². The fraction of sp³-hybridized carbons (Fsp3) is 0.286. The Labute approximate surface area is 130 Å². The number of rotatable bonds is 2. The lowest BCUT2D eigenvalue weighted by Gasteiger charge is -2.24. The van der Waals surface area contributed by atoms with Gasteiger partial charge in [0.05, 0.1) is 8.93 Å². The first-order valence-corrected chi connectivity index (χ1v) is 8.30. The summed E-state index contributed by atoms with van der Waals surface area (Å²) in [4.78, 5) is 1.55. The SMILES string of the molecule is Clc1ccc(NC2CCCc3sc(I)cc32)cc1. The van der Waals surface area contributed by atoms with Crippen LogP contribution >= 0.6 is 45.5 Å². The van der Waals surface area contributed by atoms with Gasteiger partial charge in [0, 0.05) is 15.6 Å². The molecule has 1 aromatic carbocycles. The highest BCUT2D eigenvalue weighted by atomic mass is 127. The maximum atomic E-state index is 5.91. The van der Waals surface area contributed by atoms with Crippen LogP contribution in [-0.4, -0.2) is 0 Å². The van der Waals surface area contributed by atoms with Gasteiger partial charge in [-0.2, -0.15) is 0 Å². The summed E-state index contributed by atoms with van der Waals surface area (Å²) in [6.07, 6.45) is 3.72. The molecule has 3 rings (SSSR count). The van der Waals surface area contributed by atoms with Crippen molar-refractivity contribution >= 4 is 51.2 Å². The summed E-state index contributed by atoms with van der Waals surface area (Å²) in [6.45, 7) is 0. The summed E-state index contributed by atoms with van der Waals surface area (Å²) in [7, 11) is 0. The number of anilines is 1. The molecule has 1 aliphatic rings. The van der Waals surface area contributed by atoms with Crippen molar-refractivity contribution in [3.63, 3.8) is 0 Å². The largest absolute Gasteiger partial charge is 0.378 e. The molecule has 0 aliphatic heterocycles. The highest BCUT2D eigenvalue weighted by Crippen LogP contribution is 2.38. The van der Waals surface area contributed by atoms with Crippen molar-refractivity contribution in [3.8, 4) is 0 Å². The van der Waals surface area contributed by atoms with Gasteiger partial charge in [-0.3, -0.25) is 0 Å². The second kappa shape index (κ2) is 5.39. The summed E-state index contributed by atoms with van der Waals surface area (Å²) >= 11 is 10.3. The lowest BCUT2D eigenvalue weighted by atomic mass is 9.94. The molecule has 2 aromatic rings. The first kappa shape index (κ1) is 12.8. The van der Waals surface area contributed by atoms with Gasteiger partial charge in [0.1, 0.15) is 0 Å². The van der Waals surface area contributed by atoms with Crippen LogP contribution in [0.1, 0.15) is 29.3 Å². The van der Waals surface area contributed by atoms with Crippen molar-refractivity contribution in [2.24, 2.45) is 0 Å². The van der Waals surface area contributed by atoms with Gasteiger partial charge >= 0.3 is 0 Å². The van der Waals surface area contributed by atoms with E-state index in [1.807, 2.05) is 35.6 Å². The van der Waals surface area contributed by atoms with Gasteiger partial charge in [0.25, 0.3) is 0 Å². The lowest BCUT2D eigenvalue weighted by Crippen LogP contribution is -2.15. The molecule has 1 aliphatic carbocycles. The number of fused-ring (bicyclic) bond motifs is 1. The molecule has 1 unspecified atom stereocenters. The molecule has 4 heteroatoms. The van der Waals surface area contributed by atoms with E-state index in [9.17, 15) is 0 Å². The van der Waals surface area contributed by atoms with Crippen LogP contribution in [0.15, 0.2) is 30.3 Å². The Balaban J connectivity index is 1.83. The highest BCUT2D eigenvalue weighted by molar-refractivity contribution is 14.1. The van der Waals surface area contributed by atoms with E-state index in [2.05, 4.69) is 34.0 Å². The molecular formula is C14H13ClINS. The minimum atomic E-state index is 0.453. The Morgan fingerprint density at radius 3 is 2.83 bits per heavy atom. The van der Waals surface area contributed by atoms with E-state index in [-0.39, 0.29) is 0 Å². The zero-order chi connectivity index (χ0) is 12.5. The van der Waals surface area contributed by atoms with E-state index in [1.165, 1.54) is 27.7 Å². The van der Waals surface area contributed by atoms with Crippen LogP contribution < -0.4 is 5.32 Å². The van der Waals surface area contributed by atoms with Gasteiger partial charge < -0.3 is 5.32 Å². The average molecular weight is 390 g/mol. The first-order valence-electron chi connectivity index (χ1n) is 6.02. The van der Waals surface area contributed by atoms with Crippen LogP contribution in [0.4, 0.5) is 5.69 Å². The molecule has 0 spiro atoms. The molecular weight excluding hydrogens is 377 g/mol. The third-order valence-electron chi connectivity index (χ3n) is 3.27. The van der Waals surface area contributed by atoms with Crippen molar-refractivity contribution in [2.45, 2.75) is 25.3 Å². The van der Waals surface area contributed by atoms with Crippen molar-refractivity contribution in [3.05, 3.63) is 48.7 Å². The Bertz CT molecular complexity index is 549. The molecule has 0 saturated carbocycles. The standard InChI is InChI=1S/C14H13ClINS/c15-9-4-6-10(7-5-9)17-12-2-1-3-13-11(12)8-14(16)18-13/h4-8,12,17H,1-3H2. The number of nitrogens with one attached hydrogen (secondary N) is 1.